The summed E-state index contributed by atoms with van der Waals surface area (Å²) >= 11 is 0. The van der Waals surface area contributed by atoms with Crippen LogP contribution in [0.2, 0.25) is 0 Å². The highest BCUT2D eigenvalue weighted by molar-refractivity contribution is 6.33. The first kappa shape index (κ1) is 12.7. The van der Waals surface area contributed by atoms with Gasteiger partial charge in [0.15, 0.2) is 0 Å². The van der Waals surface area contributed by atoms with Gasteiger partial charge in [-0.3, -0.25) is 0 Å². The quantitative estimate of drug-likeness (QED) is 0.808. The maximum atomic E-state index is 8.79. The lowest BCUT2D eigenvalue weighted by molar-refractivity contribution is 0.288. The van der Waals surface area contributed by atoms with Crippen molar-refractivity contribution in [3.8, 4) is 16.9 Å². The van der Waals surface area contributed by atoms with Gasteiger partial charge >= 0.3 is 7.32 Å². The summed E-state index contributed by atoms with van der Waals surface area (Å²) in [5, 5.41) is 17.6. The Morgan fingerprint density at radius 3 is 2.39 bits per heavy atom. The highest BCUT2D eigenvalue weighted by atomic mass is 16.6. The lowest BCUT2D eigenvalue weighted by Gasteiger charge is -2.11. The summed E-state index contributed by atoms with van der Waals surface area (Å²) in [6, 6.07) is 15.6. The highest BCUT2D eigenvalue weighted by Crippen LogP contribution is 2.27. The van der Waals surface area contributed by atoms with Gasteiger partial charge in [0, 0.05) is 0 Å². The van der Waals surface area contributed by atoms with E-state index in [1.807, 2.05) is 30.3 Å². The second kappa shape index (κ2) is 5.71. The molecule has 0 unspecified atom stereocenters. The van der Waals surface area contributed by atoms with E-state index in [0.29, 0.717) is 5.75 Å². The van der Waals surface area contributed by atoms with Crippen LogP contribution < -0.4 is 4.65 Å². The first-order chi connectivity index (χ1) is 8.70. The number of hydrogen-bond acceptors (Lipinski definition) is 3. The summed E-state index contributed by atoms with van der Waals surface area (Å²) in [6.45, 7) is 2.06. The summed E-state index contributed by atoms with van der Waals surface area (Å²) < 4.78 is 4.86. The van der Waals surface area contributed by atoms with Crippen LogP contribution >= 0.6 is 0 Å². The van der Waals surface area contributed by atoms with E-state index in [1.54, 1.807) is 6.07 Å². The van der Waals surface area contributed by atoms with Gasteiger partial charge < -0.3 is 14.7 Å². The summed E-state index contributed by atoms with van der Waals surface area (Å²) in [6.07, 6.45) is 0.850. The van der Waals surface area contributed by atoms with E-state index in [1.165, 1.54) is 0 Å². The van der Waals surface area contributed by atoms with Gasteiger partial charge in [0.25, 0.3) is 0 Å². The molecule has 3 nitrogen and oxygen atoms in total. The molecule has 4 heteroatoms. The van der Waals surface area contributed by atoms with Crippen LogP contribution in [0, 0.1) is 0 Å². The van der Waals surface area contributed by atoms with Crippen molar-refractivity contribution in [2.45, 2.75) is 13.3 Å². The van der Waals surface area contributed by atoms with Crippen LogP contribution in [0.5, 0.6) is 5.75 Å². The molecule has 0 amide bonds. The van der Waals surface area contributed by atoms with Crippen LogP contribution in [0.25, 0.3) is 11.1 Å². The van der Waals surface area contributed by atoms with E-state index >= 15 is 0 Å². The first-order valence-corrected chi connectivity index (χ1v) is 5.92. The highest BCUT2D eigenvalue weighted by Gasteiger charge is 2.12. The Kier molecular flexibility index (Phi) is 4.02. The maximum absolute atomic E-state index is 8.79. The molecule has 0 spiro atoms. The van der Waals surface area contributed by atoms with Gasteiger partial charge in [-0.15, -0.1) is 0 Å². The Labute approximate surface area is 107 Å². The molecule has 2 aromatic rings. The average molecular weight is 242 g/mol. The zero-order valence-corrected chi connectivity index (χ0v) is 10.2. The molecule has 0 bridgehead atoms. The van der Waals surface area contributed by atoms with Crippen LogP contribution in [0.15, 0.2) is 48.5 Å². The number of rotatable bonds is 4. The minimum absolute atomic E-state index is 0.460. The van der Waals surface area contributed by atoms with Gasteiger partial charge in [-0.1, -0.05) is 43.3 Å². The van der Waals surface area contributed by atoms with Crippen molar-refractivity contribution in [2.24, 2.45) is 0 Å². The largest absolute Gasteiger partial charge is 0.707 e. The summed E-state index contributed by atoms with van der Waals surface area (Å²) in [5.41, 5.74) is 3.39. The molecular formula is C14H15BO3. The third kappa shape index (κ3) is 2.91. The van der Waals surface area contributed by atoms with Crippen molar-refractivity contribution >= 4 is 7.32 Å². The second-order valence-electron chi connectivity index (χ2n) is 3.98. The minimum atomic E-state index is -1.78. The summed E-state index contributed by atoms with van der Waals surface area (Å²) in [5.74, 6) is 0.460. The Bertz CT molecular complexity index is 512. The van der Waals surface area contributed by atoms with Crippen molar-refractivity contribution in [1.82, 2.24) is 0 Å². The third-order valence-electron chi connectivity index (χ3n) is 2.78. The Morgan fingerprint density at radius 1 is 1.06 bits per heavy atom. The van der Waals surface area contributed by atoms with E-state index in [4.69, 9.17) is 14.7 Å². The van der Waals surface area contributed by atoms with Gasteiger partial charge in [-0.05, 0) is 35.2 Å². The van der Waals surface area contributed by atoms with Crippen LogP contribution in [0.3, 0.4) is 0 Å². The standard InChI is InChI=1S/C14H15BO3/c1-2-11-10-13(18-15(16)17)8-9-14(11)12-6-4-3-5-7-12/h3-10,16-17H,2H2,1H3. The van der Waals surface area contributed by atoms with E-state index in [-0.39, 0.29) is 0 Å². The van der Waals surface area contributed by atoms with Crippen molar-refractivity contribution in [3.63, 3.8) is 0 Å². The Balaban J connectivity index is 2.38. The molecule has 0 atom stereocenters. The zero-order chi connectivity index (χ0) is 13.0. The maximum Gasteiger partial charge on any atom is 0.707 e. The second-order valence-corrected chi connectivity index (χ2v) is 3.98. The van der Waals surface area contributed by atoms with Gasteiger partial charge in [0.05, 0.1) is 0 Å². The molecule has 0 saturated heterocycles. The van der Waals surface area contributed by atoms with Gasteiger partial charge in [-0.25, -0.2) is 0 Å². The summed E-state index contributed by atoms with van der Waals surface area (Å²) in [7, 11) is -1.78. The van der Waals surface area contributed by atoms with Gasteiger partial charge in [0.1, 0.15) is 5.75 Å². The van der Waals surface area contributed by atoms with Gasteiger partial charge in [-0.2, -0.15) is 0 Å². The van der Waals surface area contributed by atoms with Crippen molar-refractivity contribution in [3.05, 3.63) is 54.1 Å². The molecule has 0 fully saturated rings. The SMILES string of the molecule is CCc1cc(OB(O)O)ccc1-c1ccccc1. The monoisotopic (exact) mass is 242 g/mol. The predicted octanol–water partition coefficient (Wildman–Crippen LogP) is 2.26. The fraction of sp³-hybridized carbons (Fsp3) is 0.143. The van der Waals surface area contributed by atoms with Crippen molar-refractivity contribution < 1.29 is 14.7 Å². The number of benzene rings is 2. The normalized spacial score (nSPS) is 10.2. The van der Waals surface area contributed by atoms with Crippen LogP contribution in [0.4, 0.5) is 0 Å². The van der Waals surface area contributed by atoms with E-state index in [2.05, 4.69) is 19.1 Å². The Morgan fingerprint density at radius 2 is 1.78 bits per heavy atom. The average Bonchev–Trinajstić information content (AvgIpc) is 2.39. The molecular weight excluding hydrogens is 227 g/mol. The molecule has 0 aromatic heterocycles. The van der Waals surface area contributed by atoms with Gasteiger partial charge in [0.2, 0.25) is 0 Å². The fourth-order valence-corrected chi connectivity index (χ4v) is 1.96. The van der Waals surface area contributed by atoms with E-state index in [0.717, 1.165) is 23.1 Å². The number of aryl methyl sites for hydroxylation is 1. The predicted molar refractivity (Wildman–Crippen MR) is 72.1 cm³/mol. The molecule has 0 aliphatic heterocycles. The molecule has 2 N–H and O–H groups in total. The molecule has 18 heavy (non-hydrogen) atoms. The molecule has 2 aromatic carbocycles. The van der Waals surface area contributed by atoms with Crippen LogP contribution in [-0.2, 0) is 6.42 Å². The lowest BCUT2D eigenvalue weighted by Crippen LogP contribution is -2.20. The molecule has 0 heterocycles. The van der Waals surface area contributed by atoms with Crippen molar-refractivity contribution in [2.75, 3.05) is 0 Å². The lowest BCUT2D eigenvalue weighted by atomic mass is 9.98. The van der Waals surface area contributed by atoms with Crippen LogP contribution in [0.1, 0.15) is 12.5 Å². The zero-order valence-electron chi connectivity index (χ0n) is 10.2. The molecule has 0 aliphatic carbocycles. The molecule has 0 aliphatic rings. The molecule has 2 rings (SSSR count). The van der Waals surface area contributed by atoms with Crippen molar-refractivity contribution in [1.29, 1.82) is 0 Å². The summed E-state index contributed by atoms with van der Waals surface area (Å²) in [4.78, 5) is 0. The smallest absolute Gasteiger partial charge is 0.512 e. The van der Waals surface area contributed by atoms with Crippen LogP contribution in [-0.4, -0.2) is 17.4 Å². The third-order valence-corrected chi connectivity index (χ3v) is 2.78. The van der Waals surface area contributed by atoms with E-state index in [9.17, 15) is 0 Å². The molecule has 92 valence electrons. The number of hydrogen-bond donors (Lipinski definition) is 2. The van der Waals surface area contributed by atoms with E-state index < -0.39 is 7.32 Å². The minimum Gasteiger partial charge on any atom is -0.512 e. The fourth-order valence-electron chi connectivity index (χ4n) is 1.96. The first-order valence-electron chi connectivity index (χ1n) is 5.92. The molecule has 0 saturated carbocycles. The molecule has 0 radical (unpaired) electrons. The topological polar surface area (TPSA) is 49.7 Å². The Hall–Kier alpha value is -1.78.